The predicted octanol–water partition coefficient (Wildman–Crippen LogP) is 2.92. The Kier molecular flexibility index (Phi) is 5.22. The zero-order valence-corrected chi connectivity index (χ0v) is 13.7. The van der Waals surface area contributed by atoms with Crippen LogP contribution in [-0.2, 0) is 6.42 Å². The first-order valence-corrected chi connectivity index (χ1v) is 7.89. The van der Waals surface area contributed by atoms with Gasteiger partial charge in [-0.25, -0.2) is 9.97 Å². The van der Waals surface area contributed by atoms with Crippen LogP contribution in [0.15, 0.2) is 0 Å². The number of rotatable bonds is 3. The van der Waals surface area contributed by atoms with Crippen LogP contribution in [0.3, 0.4) is 0 Å². The number of anilines is 1. The summed E-state index contributed by atoms with van der Waals surface area (Å²) < 4.78 is 0. The molecule has 1 aromatic heterocycles. The molecule has 2 rings (SSSR count). The highest BCUT2D eigenvalue weighted by molar-refractivity contribution is 6.30. The van der Waals surface area contributed by atoms with Crippen molar-refractivity contribution in [3.63, 3.8) is 0 Å². The number of hydrogen-bond acceptors (Lipinski definition) is 4. The van der Waals surface area contributed by atoms with Crippen LogP contribution < -0.4 is 4.90 Å². The largest absolute Gasteiger partial charge is 0.352 e. The third kappa shape index (κ3) is 3.41. The Hall–Kier alpha value is -0.870. The minimum absolute atomic E-state index is 0.446. The van der Waals surface area contributed by atoms with Gasteiger partial charge in [0.2, 0.25) is 0 Å². The lowest BCUT2D eigenvalue weighted by Crippen LogP contribution is -2.39. The molecule has 1 atom stereocenters. The highest BCUT2D eigenvalue weighted by Gasteiger charge is 2.23. The standard InChI is InChI=1S/C15H25ClN4/c1-5-7-13-17-14(16)12(3)15(18-13)20-9-6-8-19(4)10-11(20)2/h11H,5-10H2,1-4H3. The van der Waals surface area contributed by atoms with E-state index in [-0.39, 0.29) is 0 Å². The average molecular weight is 297 g/mol. The van der Waals surface area contributed by atoms with Crippen molar-refractivity contribution in [2.75, 3.05) is 31.6 Å². The molecule has 112 valence electrons. The van der Waals surface area contributed by atoms with Crippen molar-refractivity contribution < 1.29 is 0 Å². The molecular weight excluding hydrogens is 272 g/mol. The maximum Gasteiger partial charge on any atom is 0.137 e. The molecular formula is C15H25ClN4. The molecule has 20 heavy (non-hydrogen) atoms. The van der Waals surface area contributed by atoms with Gasteiger partial charge < -0.3 is 9.80 Å². The SMILES string of the molecule is CCCc1nc(Cl)c(C)c(N2CCCN(C)CC2C)n1. The highest BCUT2D eigenvalue weighted by atomic mass is 35.5. The summed E-state index contributed by atoms with van der Waals surface area (Å²) in [4.78, 5) is 14.0. The second kappa shape index (κ2) is 6.72. The van der Waals surface area contributed by atoms with Gasteiger partial charge in [0, 0.05) is 31.1 Å². The molecule has 1 unspecified atom stereocenters. The van der Waals surface area contributed by atoms with Gasteiger partial charge >= 0.3 is 0 Å². The number of likely N-dealkylation sites (N-methyl/N-ethyl adjacent to an activating group) is 1. The average Bonchev–Trinajstić information content (AvgIpc) is 2.55. The lowest BCUT2D eigenvalue weighted by molar-refractivity contribution is 0.337. The zero-order chi connectivity index (χ0) is 14.7. The van der Waals surface area contributed by atoms with E-state index in [1.165, 1.54) is 0 Å². The summed E-state index contributed by atoms with van der Waals surface area (Å²) >= 11 is 6.30. The fraction of sp³-hybridized carbons (Fsp3) is 0.733. The van der Waals surface area contributed by atoms with Gasteiger partial charge in [-0.05, 0) is 40.3 Å². The van der Waals surface area contributed by atoms with E-state index in [4.69, 9.17) is 16.6 Å². The van der Waals surface area contributed by atoms with Gasteiger partial charge in [-0.15, -0.1) is 0 Å². The minimum Gasteiger partial charge on any atom is -0.352 e. The first-order chi connectivity index (χ1) is 9.52. The number of halogens is 1. The lowest BCUT2D eigenvalue weighted by Gasteiger charge is -2.30. The van der Waals surface area contributed by atoms with Gasteiger partial charge in [0.15, 0.2) is 0 Å². The van der Waals surface area contributed by atoms with Crippen LogP contribution in [-0.4, -0.2) is 47.6 Å². The molecule has 1 fully saturated rings. The summed E-state index contributed by atoms with van der Waals surface area (Å²) in [5, 5.41) is 0.600. The molecule has 1 aliphatic rings. The molecule has 0 saturated carbocycles. The van der Waals surface area contributed by atoms with Crippen LogP contribution in [0.2, 0.25) is 5.15 Å². The van der Waals surface area contributed by atoms with Crippen molar-refractivity contribution in [3.8, 4) is 0 Å². The molecule has 0 aliphatic carbocycles. The van der Waals surface area contributed by atoms with Crippen molar-refractivity contribution >= 4 is 17.4 Å². The van der Waals surface area contributed by atoms with E-state index in [0.717, 1.165) is 56.1 Å². The molecule has 4 nitrogen and oxygen atoms in total. The van der Waals surface area contributed by atoms with Gasteiger partial charge in [-0.1, -0.05) is 18.5 Å². The zero-order valence-electron chi connectivity index (χ0n) is 13.0. The third-order valence-corrected chi connectivity index (χ3v) is 4.27. The van der Waals surface area contributed by atoms with E-state index in [1.54, 1.807) is 0 Å². The molecule has 1 aliphatic heterocycles. The van der Waals surface area contributed by atoms with Gasteiger partial charge in [-0.3, -0.25) is 0 Å². The quantitative estimate of drug-likeness (QED) is 0.803. The summed E-state index contributed by atoms with van der Waals surface area (Å²) in [7, 11) is 2.18. The molecule has 5 heteroatoms. The first-order valence-electron chi connectivity index (χ1n) is 7.51. The molecule has 1 saturated heterocycles. The Balaban J connectivity index is 2.34. The highest BCUT2D eigenvalue weighted by Crippen LogP contribution is 2.26. The van der Waals surface area contributed by atoms with Crippen LogP contribution in [0, 0.1) is 6.92 Å². The molecule has 1 aromatic rings. The smallest absolute Gasteiger partial charge is 0.137 e. The molecule has 0 radical (unpaired) electrons. The molecule has 0 amide bonds. The van der Waals surface area contributed by atoms with Crippen LogP contribution in [0.4, 0.5) is 5.82 Å². The van der Waals surface area contributed by atoms with Crippen LogP contribution in [0.25, 0.3) is 0 Å². The summed E-state index contributed by atoms with van der Waals surface area (Å²) in [5.74, 6) is 1.89. The van der Waals surface area contributed by atoms with E-state index in [0.29, 0.717) is 11.2 Å². The Labute approximate surface area is 127 Å². The number of aryl methyl sites for hydroxylation is 1. The van der Waals surface area contributed by atoms with Crippen LogP contribution in [0.1, 0.15) is 38.1 Å². The Bertz CT molecular complexity index is 463. The van der Waals surface area contributed by atoms with E-state index >= 15 is 0 Å². The fourth-order valence-electron chi connectivity index (χ4n) is 2.82. The Morgan fingerprint density at radius 2 is 2.05 bits per heavy atom. The van der Waals surface area contributed by atoms with Gasteiger partial charge in [-0.2, -0.15) is 0 Å². The van der Waals surface area contributed by atoms with Gasteiger partial charge in [0.1, 0.15) is 16.8 Å². The summed E-state index contributed by atoms with van der Waals surface area (Å²) in [6.45, 7) is 9.65. The normalized spacial score (nSPS) is 21.1. The number of aromatic nitrogens is 2. The van der Waals surface area contributed by atoms with Crippen molar-refractivity contribution in [2.24, 2.45) is 0 Å². The van der Waals surface area contributed by atoms with E-state index in [1.807, 2.05) is 6.92 Å². The molecule has 0 aromatic carbocycles. The topological polar surface area (TPSA) is 32.3 Å². The maximum atomic E-state index is 6.30. The second-order valence-electron chi connectivity index (χ2n) is 5.79. The monoisotopic (exact) mass is 296 g/mol. The summed E-state index contributed by atoms with van der Waals surface area (Å²) in [6, 6.07) is 0.446. The minimum atomic E-state index is 0.446. The number of hydrogen-bond donors (Lipinski definition) is 0. The second-order valence-corrected chi connectivity index (χ2v) is 6.15. The third-order valence-electron chi connectivity index (χ3n) is 3.90. The summed E-state index contributed by atoms with van der Waals surface area (Å²) in [6.07, 6.45) is 3.08. The van der Waals surface area contributed by atoms with E-state index in [9.17, 15) is 0 Å². The van der Waals surface area contributed by atoms with Crippen molar-refractivity contribution in [1.82, 2.24) is 14.9 Å². The van der Waals surface area contributed by atoms with Crippen molar-refractivity contribution in [1.29, 1.82) is 0 Å². The number of nitrogens with zero attached hydrogens (tertiary/aromatic N) is 4. The summed E-state index contributed by atoms with van der Waals surface area (Å²) in [5.41, 5.74) is 1.00. The van der Waals surface area contributed by atoms with Gasteiger partial charge in [0.25, 0.3) is 0 Å². The first kappa shape index (κ1) is 15.5. The maximum absolute atomic E-state index is 6.30. The predicted molar refractivity (Wildman–Crippen MR) is 84.7 cm³/mol. The fourth-order valence-corrected chi connectivity index (χ4v) is 3.00. The van der Waals surface area contributed by atoms with Gasteiger partial charge in [0.05, 0.1) is 0 Å². The molecule has 0 N–H and O–H groups in total. The Morgan fingerprint density at radius 3 is 2.75 bits per heavy atom. The van der Waals surface area contributed by atoms with E-state index in [2.05, 4.69) is 35.7 Å². The van der Waals surface area contributed by atoms with E-state index < -0.39 is 0 Å². The molecule has 2 heterocycles. The van der Waals surface area contributed by atoms with Crippen molar-refractivity contribution in [2.45, 2.75) is 46.1 Å². The lowest BCUT2D eigenvalue weighted by atomic mass is 10.2. The van der Waals surface area contributed by atoms with Crippen molar-refractivity contribution in [3.05, 3.63) is 16.5 Å². The van der Waals surface area contributed by atoms with Crippen LogP contribution >= 0.6 is 11.6 Å². The Morgan fingerprint density at radius 1 is 1.30 bits per heavy atom. The molecule has 0 spiro atoms. The van der Waals surface area contributed by atoms with Crippen LogP contribution in [0.5, 0.6) is 0 Å². The molecule has 0 bridgehead atoms.